The van der Waals surface area contributed by atoms with Crippen molar-refractivity contribution in [3.63, 3.8) is 0 Å². The van der Waals surface area contributed by atoms with Crippen LogP contribution < -0.4 is 10.6 Å². The van der Waals surface area contributed by atoms with Crippen LogP contribution in [0.25, 0.3) is 10.9 Å². The second-order valence-electron chi connectivity index (χ2n) is 5.51. The molecule has 6 nitrogen and oxygen atoms in total. The highest BCUT2D eigenvalue weighted by molar-refractivity contribution is 5.96. The predicted molar refractivity (Wildman–Crippen MR) is 82.5 cm³/mol. The van der Waals surface area contributed by atoms with Gasteiger partial charge in [-0.05, 0) is 44.5 Å². The third-order valence-corrected chi connectivity index (χ3v) is 3.93. The number of piperidine rings is 1. The summed E-state index contributed by atoms with van der Waals surface area (Å²) < 4.78 is 0. The highest BCUT2D eigenvalue weighted by Gasteiger charge is 2.20. The number of nitrogens with zero attached hydrogens (tertiary/aromatic N) is 2. The van der Waals surface area contributed by atoms with E-state index in [2.05, 4.69) is 22.5 Å². The molecule has 0 spiro atoms. The number of pyridine rings is 1. The van der Waals surface area contributed by atoms with Crippen molar-refractivity contribution in [1.29, 1.82) is 0 Å². The van der Waals surface area contributed by atoms with Gasteiger partial charge in [-0.25, -0.2) is 4.98 Å². The van der Waals surface area contributed by atoms with E-state index >= 15 is 0 Å². The fourth-order valence-corrected chi connectivity index (χ4v) is 2.91. The van der Waals surface area contributed by atoms with Crippen LogP contribution in [0.3, 0.4) is 0 Å². The Bertz CT molecular complexity index is 674. The molecule has 0 bridgehead atoms. The number of aromatic nitrogens is 1. The van der Waals surface area contributed by atoms with Crippen molar-refractivity contribution in [2.75, 3.05) is 11.9 Å². The van der Waals surface area contributed by atoms with Gasteiger partial charge in [-0.3, -0.25) is 10.1 Å². The lowest BCUT2D eigenvalue weighted by Crippen LogP contribution is -2.41. The van der Waals surface area contributed by atoms with Crippen molar-refractivity contribution in [2.24, 2.45) is 0 Å². The fourth-order valence-electron chi connectivity index (χ4n) is 2.91. The molecule has 1 saturated heterocycles. The van der Waals surface area contributed by atoms with Gasteiger partial charge < -0.3 is 10.6 Å². The minimum atomic E-state index is -0.383. The van der Waals surface area contributed by atoms with Gasteiger partial charge in [-0.2, -0.15) is 0 Å². The molecular formula is C15H18N4O2. The largest absolute Gasteiger partial charge is 0.382 e. The first kappa shape index (κ1) is 13.8. The number of hydrogen-bond acceptors (Lipinski definition) is 5. The predicted octanol–water partition coefficient (Wildman–Crippen LogP) is 2.70. The van der Waals surface area contributed by atoms with Gasteiger partial charge in [0.25, 0.3) is 5.69 Å². The van der Waals surface area contributed by atoms with E-state index in [9.17, 15) is 10.1 Å². The molecule has 0 radical (unpaired) electrons. The zero-order valence-electron chi connectivity index (χ0n) is 11.9. The van der Waals surface area contributed by atoms with E-state index in [1.165, 1.54) is 6.07 Å². The van der Waals surface area contributed by atoms with Crippen LogP contribution in [0.4, 0.5) is 11.4 Å². The van der Waals surface area contributed by atoms with Crippen molar-refractivity contribution in [1.82, 2.24) is 10.3 Å². The number of nitro groups is 1. The molecule has 1 aromatic carbocycles. The SMILES string of the molecule is CC1CC(Nc2ccc([N+](=O)[O-])c3ncccc23)CCN1. The monoisotopic (exact) mass is 286 g/mol. The van der Waals surface area contributed by atoms with E-state index in [0.29, 0.717) is 17.6 Å². The average molecular weight is 286 g/mol. The Balaban J connectivity index is 1.96. The summed E-state index contributed by atoms with van der Waals surface area (Å²) in [7, 11) is 0. The highest BCUT2D eigenvalue weighted by Crippen LogP contribution is 2.30. The Labute approximate surface area is 122 Å². The second-order valence-corrected chi connectivity index (χ2v) is 5.51. The van der Waals surface area contributed by atoms with Gasteiger partial charge in [0.05, 0.1) is 4.92 Å². The molecule has 2 aromatic rings. The molecule has 3 rings (SSSR count). The molecule has 0 saturated carbocycles. The molecule has 1 aromatic heterocycles. The number of benzene rings is 1. The van der Waals surface area contributed by atoms with Crippen LogP contribution in [0.15, 0.2) is 30.5 Å². The lowest BCUT2D eigenvalue weighted by molar-refractivity contribution is -0.383. The lowest BCUT2D eigenvalue weighted by Gasteiger charge is -2.29. The Kier molecular flexibility index (Phi) is 3.70. The van der Waals surface area contributed by atoms with Gasteiger partial charge in [0.2, 0.25) is 0 Å². The molecule has 6 heteroatoms. The third kappa shape index (κ3) is 2.80. The van der Waals surface area contributed by atoms with Crippen molar-refractivity contribution in [3.05, 3.63) is 40.6 Å². The number of non-ortho nitro benzene ring substituents is 1. The number of nitro benzene ring substituents is 1. The van der Waals surface area contributed by atoms with E-state index in [0.717, 1.165) is 30.5 Å². The van der Waals surface area contributed by atoms with E-state index in [4.69, 9.17) is 0 Å². The Morgan fingerprint density at radius 2 is 2.29 bits per heavy atom. The van der Waals surface area contributed by atoms with Crippen LogP contribution >= 0.6 is 0 Å². The second kappa shape index (κ2) is 5.65. The van der Waals surface area contributed by atoms with Crippen LogP contribution in [0, 0.1) is 10.1 Å². The zero-order chi connectivity index (χ0) is 14.8. The molecule has 2 N–H and O–H groups in total. The lowest BCUT2D eigenvalue weighted by atomic mass is 10.00. The molecule has 0 aliphatic carbocycles. The van der Waals surface area contributed by atoms with Crippen LogP contribution in [-0.2, 0) is 0 Å². The fraction of sp³-hybridized carbons (Fsp3) is 0.400. The molecule has 2 heterocycles. The number of nitrogens with one attached hydrogen (secondary N) is 2. The van der Waals surface area contributed by atoms with Crippen LogP contribution in [0.5, 0.6) is 0 Å². The first-order valence-corrected chi connectivity index (χ1v) is 7.17. The number of anilines is 1. The van der Waals surface area contributed by atoms with Crippen LogP contribution in [-0.4, -0.2) is 28.5 Å². The molecule has 2 unspecified atom stereocenters. The zero-order valence-corrected chi connectivity index (χ0v) is 11.9. The van der Waals surface area contributed by atoms with E-state index in [1.54, 1.807) is 12.3 Å². The van der Waals surface area contributed by atoms with Crippen molar-refractivity contribution in [3.8, 4) is 0 Å². The maximum absolute atomic E-state index is 11.1. The summed E-state index contributed by atoms with van der Waals surface area (Å²) in [5, 5.41) is 18.8. The van der Waals surface area contributed by atoms with Crippen LogP contribution in [0.2, 0.25) is 0 Å². The van der Waals surface area contributed by atoms with Crippen molar-refractivity contribution in [2.45, 2.75) is 31.8 Å². The summed E-state index contributed by atoms with van der Waals surface area (Å²) in [5.74, 6) is 0. The van der Waals surface area contributed by atoms with Gasteiger partial charge in [0, 0.05) is 35.4 Å². The molecule has 2 atom stereocenters. The maximum Gasteiger partial charge on any atom is 0.295 e. The Morgan fingerprint density at radius 1 is 1.43 bits per heavy atom. The van der Waals surface area contributed by atoms with Gasteiger partial charge >= 0.3 is 0 Å². The van der Waals surface area contributed by atoms with E-state index in [1.807, 2.05) is 12.1 Å². The summed E-state index contributed by atoms with van der Waals surface area (Å²) in [6.45, 7) is 3.16. The quantitative estimate of drug-likeness (QED) is 0.670. The summed E-state index contributed by atoms with van der Waals surface area (Å²) in [6.07, 6.45) is 3.67. The van der Waals surface area contributed by atoms with Gasteiger partial charge in [-0.15, -0.1) is 0 Å². The van der Waals surface area contributed by atoms with Gasteiger partial charge in [0.15, 0.2) is 0 Å². The van der Waals surface area contributed by atoms with Crippen molar-refractivity contribution >= 4 is 22.3 Å². The summed E-state index contributed by atoms with van der Waals surface area (Å²) >= 11 is 0. The molecule has 1 aliphatic rings. The summed E-state index contributed by atoms with van der Waals surface area (Å²) in [6, 6.07) is 7.87. The number of hydrogen-bond donors (Lipinski definition) is 2. The number of fused-ring (bicyclic) bond motifs is 1. The van der Waals surface area contributed by atoms with Crippen molar-refractivity contribution < 1.29 is 4.92 Å². The highest BCUT2D eigenvalue weighted by atomic mass is 16.6. The third-order valence-electron chi connectivity index (χ3n) is 3.93. The Hall–Kier alpha value is -2.21. The van der Waals surface area contributed by atoms with Gasteiger partial charge in [-0.1, -0.05) is 0 Å². The molecule has 0 amide bonds. The first-order valence-electron chi connectivity index (χ1n) is 7.17. The molecular weight excluding hydrogens is 268 g/mol. The smallest absolute Gasteiger partial charge is 0.295 e. The van der Waals surface area contributed by atoms with E-state index in [-0.39, 0.29) is 10.6 Å². The topological polar surface area (TPSA) is 80.1 Å². The normalized spacial score (nSPS) is 22.1. The first-order chi connectivity index (χ1) is 10.1. The number of rotatable bonds is 3. The molecule has 110 valence electrons. The van der Waals surface area contributed by atoms with E-state index < -0.39 is 0 Å². The minimum Gasteiger partial charge on any atom is -0.382 e. The molecule has 1 aliphatic heterocycles. The maximum atomic E-state index is 11.1. The summed E-state index contributed by atoms with van der Waals surface area (Å²) in [5.41, 5.74) is 1.41. The molecule has 21 heavy (non-hydrogen) atoms. The Morgan fingerprint density at radius 3 is 3.05 bits per heavy atom. The summed E-state index contributed by atoms with van der Waals surface area (Å²) in [4.78, 5) is 14.9. The standard InChI is InChI=1S/C15H18N4O2/c1-10-9-11(6-8-16-10)18-13-4-5-14(19(20)21)15-12(13)3-2-7-17-15/h2-5,7,10-11,16,18H,6,8-9H2,1H3. The average Bonchev–Trinajstić information content (AvgIpc) is 2.47. The molecule has 1 fully saturated rings. The van der Waals surface area contributed by atoms with Crippen LogP contribution in [0.1, 0.15) is 19.8 Å². The minimum absolute atomic E-state index is 0.0508. The van der Waals surface area contributed by atoms with Gasteiger partial charge in [0.1, 0.15) is 5.52 Å².